The number of fused-ring (bicyclic) bond motifs is 3. The van der Waals surface area contributed by atoms with Crippen molar-refractivity contribution < 1.29 is 44.3 Å². The molecule has 0 bridgehead atoms. The number of rotatable bonds is 8. The van der Waals surface area contributed by atoms with E-state index in [1.807, 2.05) is 20.8 Å². The van der Waals surface area contributed by atoms with Crippen LogP contribution in [-0.2, 0) is 32.0 Å². The first-order chi connectivity index (χ1) is 19.9. The number of carbonyl (C=O) groups is 4. The van der Waals surface area contributed by atoms with E-state index in [2.05, 4.69) is 0 Å². The maximum Gasteiger partial charge on any atom is 0.310 e. The van der Waals surface area contributed by atoms with Gasteiger partial charge in [-0.05, 0) is 49.1 Å². The molecular weight excluding hydrogens is 552 g/mol. The number of carbonyl (C=O) groups excluding carboxylic acids is 4. The summed E-state index contributed by atoms with van der Waals surface area (Å²) in [5, 5.41) is 46.7. The van der Waals surface area contributed by atoms with E-state index >= 15 is 0 Å². The van der Waals surface area contributed by atoms with Gasteiger partial charge in [-0.25, -0.2) is 0 Å². The van der Waals surface area contributed by atoms with Gasteiger partial charge in [0.1, 0.15) is 22.8 Å². The summed E-state index contributed by atoms with van der Waals surface area (Å²) in [5.74, 6) is -6.24. The Morgan fingerprint density at radius 1 is 1.09 bits per heavy atom. The number of ketones is 3. The van der Waals surface area contributed by atoms with Crippen LogP contribution in [0.2, 0.25) is 0 Å². The highest BCUT2D eigenvalue weighted by molar-refractivity contribution is 6.25. The number of esters is 1. The fraction of sp³-hybridized carbons (Fsp3) is 0.588. The number of aromatic hydroxyl groups is 1. The van der Waals surface area contributed by atoms with Gasteiger partial charge in [-0.15, -0.1) is 0 Å². The lowest BCUT2D eigenvalue weighted by Gasteiger charge is -2.59. The Hall–Kier alpha value is -3.46. The fourth-order valence-corrected chi connectivity index (χ4v) is 8.07. The monoisotopic (exact) mass is 596 g/mol. The van der Waals surface area contributed by atoms with Crippen LogP contribution in [0.15, 0.2) is 28.7 Å². The van der Waals surface area contributed by atoms with Crippen molar-refractivity contribution in [3.05, 3.63) is 51.0 Å². The molecule has 9 heteroatoms. The Kier molecular flexibility index (Phi) is 8.24. The third-order valence-corrected chi connectivity index (χ3v) is 9.84. The molecular formula is C34H44O9. The number of allylic oxidation sites excluding steroid dienone is 2. The SMILES string of the molecule is CCCCOC(=O)Cc1cc(C(C)C)c2c(c1O)C(=O)C1=C(O)[C@@]3(O)C(=O)C(C(C)=O)=C(O)C(C(C)C)[C@@]3(C)C[C@@]1(C)C2. The molecule has 234 valence electrons. The minimum absolute atomic E-state index is 0.0225. The lowest BCUT2D eigenvalue weighted by molar-refractivity contribution is -0.171. The average Bonchev–Trinajstić information content (AvgIpc) is 2.87. The van der Waals surface area contributed by atoms with Gasteiger partial charge in [0.25, 0.3) is 0 Å². The highest BCUT2D eigenvalue weighted by Gasteiger charge is 2.71. The molecule has 43 heavy (non-hydrogen) atoms. The van der Waals surface area contributed by atoms with E-state index < -0.39 is 68.5 Å². The van der Waals surface area contributed by atoms with Crippen LogP contribution in [0.3, 0.4) is 0 Å². The largest absolute Gasteiger partial charge is 0.511 e. The van der Waals surface area contributed by atoms with E-state index in [4.69, 9.17) is 4.74 Å². The molecule has 0 aliphatic heterocycles. The van der Waals surface area contributed by atoms with Crippen molar-refractivity contribution in [3.8, 4) is 5.75 Å². The molecule has 3 aliphatic carbocycles. The smallest absolute Gasteiger partial charge is 0.310 e. The molecule has 1 aromatic carbocycles. The van der Waals surface area contributed by atoms with Crippen LogP contribution in [0.25, 0.3) is 0 Å². The van der Waals surface area contributed by atoms with E-state index in [0.717, 1.165) is 18.9 Å². The molecule has 0 amide bonds. The number of phenols is 1. The number of benzene rings is 1. The maximum atomic E-state index is 14.4. The van der Waals surface area contributed by atoms with Crippen molar-refractivity contribution in [2.45, 2.75) is 99.0 Å². The third-order valence-electron chi connectivity index (χ3n) is 9.84. The van der Waals surface area contributed by atoms with Crippen LogP contribution in [0.5, 0.6) is 5.75 Å². The molecule has 1 unspecified atom stereocenters. The highest BCUT2D eigenvalue weighted by atomic mass is 16.5. The van der Waals surface area contributed by atoms with Crippen LogP contribution in [0, 0.1) is 22.7 Å². The molecule has 0 spiro atoms. The maximum absolute atomic E-state index is 14.4. The number of unbranched alkanes of at least 4 members (excludes halogenated alkanes) is 1. The van der Waals surface area contributed by atoms with Crippen LogP contribution < -0.4 is 0 Å². The van der Waals surface area contributed by atoms with Gasteiger partial charge >= 0.3 is 5.97 Å². The molecule has 0 aromatic heterocycles. The number of phenolic OH excluding ortho intramolecular Hbond substituents is 1. The first-order valence-corrected chi connectivity index (χ1v) is 15.1. The predicted octanol–water partition coefficient (Wildman–Crippen LogP) is 5.36. The Morgan fingerprint density at radius 2 is 1.72 bits per heavy atom. The van der Waals surface area contributed by atoms with E-state index in [1.165, 1.54) is 0 Å². The van der Waals surface area contributed by atoms with Gasteiger partial charge in [-0.1, -0.05) is 61.0 Å². The van der Waals surface area contributed by atoms with Gasteiger partial charge in [0.2, 0.25) is 5.78 Å². The first kappa shape index (κ1) is 32.5. The zero-order valence-corrected chi connectivity index (χ0v) is 26.4. The predicted molar refractivity (Wildman–Crippen MR) is 159 cm³/mol. The van der Waals surface area contributed by atoms with Crippen molar-refractivity contribution in [1.29, 1.82) is 0 Å². The third kappa shape index (κ3) is 4.62. The lowest BCUT2D eigenvalue weighted by atomic mass is 9.44. The van der Waals surface area contributed by atoms with Crippen LogP contribution >= 0.6 is 0 Å². The minimum Gasteiger partial charge on any atom is -0.511 e. The molecule has 4 atom stereocenters. The summed E-state index contributed by atoms with van der Waals surface area (Å²) in [5.41, 5.74) is -4.61. The van der Waals surface area contributed by atoms with Crippen molar-refractivity contribution in [2.75, 3.05) is 6.61 Å². The Morgan fingerprint density at radius 3 is 2.26 bits per heavy atom. The van der Waals surface area contributed by atoms with E-state index in [9.17, 15) is 39.6 Å². The van der Waals surface area contributed by atoms with Crippen molar-refractivity contribution in [3.63, 3.8) is 0 Å². The Bertz CT molecular complexity index is 1480. The van der Waals surface area contributed by atoms with Crippen molar-refractivity contribution in [1.82, 2.24) is 0 Å². The molecule has 3 aliphatic rings. The first-order valence-electron chi connectivity index (χ1n) is 15.1. The summed E-state index contributed by atoms with van der Waals surface area (Å²) in [4.78, 5) is 53.4. The summed E-state index contributed by atoms with van der Waals surface area (Å²) in [6, 6.07) is 1.72. The van der Waals surface area contributed by atoms with Gasteiger partial charge in [0.15, 0.2) is 17.2 Å². The summed E-state index contributed by atoms with van der Waals surface area (Å²) in [7, 11) is 0. The van der Waals surface area contributed by atoms with Crippen LogP contribution in [0.4, 0.5) is 0 Å². The number of aliphatic hydroxyl groups is 3. The molecule has 0 saturated heterocycles. The highest BCUT2D eigenvalue weighted by Crippen LogP contribution is 2.65. The average molecular weight is 597 g/mol. The molecule has 4 N–H and O–H groups in total. The zero-order valence-electron chi connectivity index (χ0n) is 26.4. The van der Waals surface area contributed by atoms with Gasteiger partial charge in [0.05, 0.1) is 18.6 Å². The second kappa shape index (κ2) is 10.9. The van der Waals surface area contributed by atoms with Crippen LogP contribution in [-0.4, -0.2) is 56.0 Å². The molecule has 9 nitrogen and oxygen atoms in total. The molecule has 0 radical (unpaired) electrons. The van der Waals surface area contributed by atoms with E-state index in [-0.39, 0.29) is 54.4 Å². The molecule has 0 heterocycles. The number of ether oxygens (including phenoxy) is 1. The molecule has 4 rings (SSSR count). The lowest BCUT2D eigenvalue weighted by Crippen LogP contribution is -2.67. The number of Topliss-reactive ketones (excluding diaryl/α,β-unsaturated/α-hetero) is 3. The minimum atomic E-state index is -2.67. The number of hydrogen-bond donors (Lipinski definition) is 4. The summed E-state index contributed by atoms with van der Waals surface area (Å²) >= 11 is 0. The summed E-state index contributed by atoms with van der Waals surface area (Å²) in [6.45, 7) is 14.2. The van der Waals surface area contributed by atoms with E-state index in [1.54, 1.807) is 33.8 Å². The van der Waals surface area contributed by atoms with Crippen LogP contribution in [0.1, 0.15) is 108 Å². The van der Waals surface area contributed by atoms with Gasteiger partial charge < -0.3 is 25.2 Å². The number of hydrogen-bond acceptors (Lipinski definition) is 9. The Labute approximate surface area is 252 Å². The Balaban J connectivity index is 1.97. The second-order valence-corrected chi connectivity index (χ2v) is 13.7. The van der Waals surface area contributed by atoms with Gasteiger partial charge in [-0.3, -0.25) is 19.2 Å². The summed E-state index contributed by atoms with van der Waals surface area (Å²) < 4.78 is 5.29. The standard InChI is InChI=1S/C34H44O9/c1-9-10-11-43-22(36)13-19-12-20(16(2)3)21-14-32(7)15-33(8)25(17(4)5)28(38)23(18(6)35)30(40)34(33,42)31(41)26(32)29(39)24(21)27(19)37/h12,16-17,25,37-38,41-42H,9-11,13-15H2,1-8H3/t25?,32-,33-,34+/m1/s1. The molecule has 0 saturated carbocycles. The molecule has 1 aromatic rings. The van der Waals surface area contributed by atoms with Gasteiger partial charge in [0, 0.05) is 27.9 Å². The van der Waals surface area contributed by atoms with Gasteiger partial charge in [-0.2, -0.15) is 0 Å². The zero-order chi connectivity index (χ0) is 32.4. The molecule has 0 fully saturated rings. The summed E-state index contributed by atoms with van der Waals surface area (Å²) in [6.07, 6.45) is 1.48. The number of aliphatic hydroxyl groups excluding tert-OH is 2. The second-order valence-electron chi connectivity index (χ2n) is 13.7. The van der Waals surface area contributed by atoms with Crippen molar-refractivity contribution >= 4 is 23.3 Å². The van der Waals surface area contributed by atoms with E-state index in [0.29, 0.717) is 12.0 Å². The quantitative estimate of drug-likeness (QED) is 0.176. The normalized spacial score (nSPS) is 28.7. The fourth-order valence-electron chi connectivity index (χ4n) is 8.07. The van der Waals surface area contributed by atoms with Crippen molar-refractivity contribution in [2.24, 2.45) is 22.7 Å². The topological polar surface area (TPSA) is 158 Å².